The van der Waals surface area contributed by atoms with Crippen molar-refractivity contribution in [2.24, 2.45) is 0 Å². The number of benzene rings is 2. The largest absolute Gasteiger partial charge is 0.355 e. The van der Waals surface area contributed by atoms with Gasteiger partial charge in [-0.3, -0.25) is 0 Å². The summed E-state index contributed by atoms with van der Waals surface area (Å²) in [7, 11) is -2.03. The molecule has 1 unspecified atom stereocenters. The zero-order valence-corrected chi connectivity index (χ0v) is 14.4. The maximum Gasteiger partial charge on any atom is 0.240 e. The van der Waals surface area contributed by atoms with Crippen molar-refractivity contribution in [3.8, 4) is 0 Å². The van der Waals surface area contributed by atoms with Gasteiger partial charge in [0.2, 0.25) is 10.0 Å². The van der Waals surface area contributed by atoms with Gasteiger partial charge < -0.3 is 5.32 Å². The maximum atomic E-state index is 11.9. The van der Waals surface area contributed by atoms with E-state index in [4.69, 9.17) is 0 Å². The lowest BCUT2D eigenvalue weighted by Crippen LogP contribution is -2.19. The third-order valence-corrected chi connectivity index (χ3v) is 5.95. The Kier molecular flexibility index (Phi) is 4.34. The molecule has 1 aromatic heterocycles. The summed E-state index contributed by atoms with van der Waals surface area (Å²) in [5, 5.41) is 4.16. The first-order valence-corrected chi connectivity index (χ1v) is 9.45. The highest BCUT2D eigenvalue weighted by molar-refractivity contribution is 7.89. The molecule has 3 aromatic rings. The van der Waals surface area contributed by atoms with E-state index < -0.39 is 10.0 Å². The number of nitrogens with zero attached hydrogens (tertiary/aromatic N) is 1. The van der Waals surface area contributed by atoms with Gasteiger partial charge in [-0.1, -0.05) is 35.6 Å². The highest BCUT2D eigenvalue weighted by Gasteiger charge is 2.14. The van der Waals surface area contributed by atoms with Crippen LogP contribution in [-0.4, -0.2) is 20.4 Å². The van der Waals surface area contributed by atoms with E-state index >= 15 is 0 Å². The fraction of sp³-hybridized carbons (Fsp3) is 0.188. The Bertz CT molecular complexity index is 902. The monoisotopic (exact) mass is 347 g/mol. The molecule has 0 saturated carbocycles. The number of hydrogen-bond acceptors (Lipinski definition) is 5. The minimum Gasteiger partial charge on any atom is -0.355 e. The summed E-state index contributed by atoms with van der Waals surface area (Å²) in [5.41, 5.74) is 1.85. The molecule has 120 valence electrons. The first-order chi connectivity index (χ1) is 11.0. The second-order valence-electron chi connectivity index (χ2n) is 5.13. The molecular formula is C16H17N3O2S2. The van der Waals surface area contributed by atoms with Gasteiger partial charge in [-0.2, -0.15) is 0 Å². The topological polar surface area (TPSA) is 71.1 Å². The van der Waals surface area contributed by atoms with Crippen LogP contribution in [0.1, 0.15) is 18.5 Å². The van der Waals surface area contributed by atoms with Gasteiger partial charge in [-0.25, -0.2) is 18.1 Å². The van der Waals surface area contributed by atoms with Crippen LogP contribution in [0.2, 0.25) is 0 Å². The van der Waals surface area contributed by atoms with E-state index in [1.165, 1.54) is 7.05 Å². The van der Waals surface area contributed by atoms with Crippen molar-refractivity contribution in [1.29, 1.82) is 0 Å². The van der Waals surface area contributed by atoms with E-state index in [1.807, 2.05) is 37.3 Å². The molecule has 23 heavy (non-hydrogen) atoms. The van der Waals surface area contributed by atoms with Crippen molar-refractivity contribution in [2.75, 3.05) is 12.4 Å². The minimum atomic E-state index is -3.44. The molecule has 0 radical (unpaired) electrons. The highest BCUT2D eigenvalue weighted by atomic mass is 32.2. The first-order valence-electron chi connectivity index (χ1n) is 7.15. The Morgan fingerprint density at radius 3 is 2.65 bits per heavy atom. The van der Waals surface area contributed by atoms with Crippen molar-refractivity contribution < 1.29 is 8.42 Å². The quantitative estimate of drug-likeness (QED) is 0.742. The normalized spacial score (nSPS) is 13.1. The first kappa shape index (κ1) is 15.9. The average molecular weight is 347 g/mol. The second-order valence-corrected chi connectivity index (χ2v) is 8.05. The van der Waals surface area contributed by atoms with E-state index in [0.717, 1.165) is 20.9 Å². The number of rotatable bonds is 5. The average Bonchev–Trinajstić information content (AvgIpc) is 2.97. The van der Waals surface area contributed by atoms with Gasteiger partial charge in [0.25, 0.3) is 0 Å². The Morgan fingerprint density at radius 2 is 1.91 bits per heavy atom. The molecule has 0 aliphatic heterocycles. The predicted molar refractivity (Wildman–Crippen MR) is 94.3 cm³/mol. The van der Waals surface area contributed by atoms with E-state index in [9.17, 15) is 8.42 Å². The number of anilines is 1. The van der Waals surface area contributed by atoms with Gasteiger partial charge in [0.1, 0.15) is 0 Å². The summed E-state index contributed by atoms with van der Waals surface area (Å²) in [5.74, 6) is 0. The zero-order valence-electron chi connectivity index (χ0n) is 12.8. The smallest absolute Gasteiger partial charge is 0.240 e. The van der Waals surface area contributed by atoms with Gasteiger partial charge >= 0.3 is 0 Å². The van der Waals surface area contributed by atoms with Crippen LogP contribution in [0.25, 0.3) is 10.2 Å². The fourth-order valence-corrected chi connectivity index (χ4v) is 4.01. The number of fused-ring (bicyclic) bond motifs is 1. The van der Waals surface area contributed by atoms with Gasteiger partial charge in [-0.05, 0) is 43.8 Å². The summed E-state index contributed by atoms with van der Waals surface area (Å²) in [6.07, 6.45) is 0. The molecule has 0 amide bonds. The van der Waals surface area contributed by atoms with E-state index in [2.05, 4.69) is 15.0 Å². The molecule has 0 spiro atoms. The lowest BCUT2D eigenvalue weighted by molar-refractivity contribution is 0.588. The summed E-state index contributed by atoms with van der Waals surface area (Å²) in [6, 6.07) is 14.8. The number of para-hydroxylation sites is 1. The third kappa shape index (κ3) is 3.36. The SMILES string of the molecule is CNS(=O)(=O)c1cccc(C(C)Nc2nc3ccccc3s2)c1. The van der Waals surface area contributed by atoms with Crippen LogP contribution >= 0.6 is 11.3 Å². The number of hydrogen-bond donors (Lipinski definition) is 2. The van der Waals surface area contributed by atoms with Crippen LogP contribution in [0.5, 0.6) is 0 Å². The van der Waals surface area contributed by atoms with Crippen LogP contribution in [0.4, 0.5) is 5.13 Å². The molecule has 1 atom stereocenters. The van der Waals surface area contributed by atoms with Gasteiger partial charge in [-0.15, -0.1) is 0 Å². The molecule has 3 rings (SSSR count). The lowest BCUT2D eigenvalue weighted by atomic mass is 10.1. The summed E-state index contributed by atoms with van der Waals surface area (Å²) in [4.78, 5) is 4.80. The van der Waals surface area contributed by atoms with Gasteiger partial charge in [0.05, 0.1) is 21.2 Å². The molecule has 5 nitrogen and oxygen atoms in total. The maximum absolute atomic E-state index is 11.9. The molecule has 2 N–H and O–H groups in total. The molecule has 1 heterocycles. The number of sulfonamides is 1. The summed E-state index contributed by atoms with van der Waals surface area (Å²) < 4.78 is 27.3. The number of aromatic nitrogens is 1. The van der Waals surface area contributed by atoms with Crippen molar-refractivity contribution in [1.82, 2.24) is 9.71 Å². The Labute approximate surface area is 139 Å². The van der Waals surface area contributed by atoms with Gasteiger partial charge in [0.15, 0.2) is 5.13 Å². The number of nitrogens with one attached hydrogen (secondary N) is 2. The van der Waals surface area contributed by atoms with Crippen LogP contribution in [0.3, 0.4) is 0 Å². The van der Waals surface area contributed by atoms with E-state index in [-0.39, 0.29) is 10.9 Å². The Balaban J connectivity index is 1.85. The Hall–Kier alpha value is -1.96. The van der Waals surface area contributed by atoms with E-state index in [0.29, 0.717) is 0 Å². The van der Waals surface area contributed by atoms with Crippen LogP contribution in [-0.2, 0) is 10.0 Å². The van der Waals surface area contributed by atoms with E-state index in [1.54, 1.807) is 29.5 Å². The minimum absolute atomic E-state index is 0.0532. The molecule has 0 aliphatic rings. The fourth-order valence-electron chi connectivity index (χ4n) is 2.27. The third-order valence-electron chi connectivity index (χ3n) is 3.57. The standard InChI is InChI=1S/C16H17N3O2S2/c1-11(12-6-5-7-13(10-12)23(20,21)17-2)18-16-19-14-8-3-4-9-15(14)22-16/h3-11,17H,1-2H3,(H,18,19). The van der Waals surface area contributed by atoms with Gasteiger partial charge in [0, 0.05) is 0 Å². The molecule has 2 aromatic carbocycles. The summed E-state index contributed by atoms with van der Waals surface area (Å²) >= 11 is 1.58. The highest BCUT2D eigenvalue weighted by Crippen LogP contribution is 2.29. The molecule has 0 bridgehead atoms. The Morgan fingerprint density at radius 1 is 1.13 bits per heavy atom. The van der Waals surface area contributed by atoms with Crippen molar-refractivity contribution in [3.63, 3.8) is 0 Å². The molecule has 0 aliphatic carbocycles. The second kappa shape index (κ2) is 6.27. The lowest BCUT2D eigenvalue weighted by Gasteiger charge is -2.14. The molecule has 0 fully saturated rings. The van der Waals surface area contributed by atoms with Crippen LogP contribution < -0.4 is 10.0 Å². The zero-order chi connectivity index (χ0) is 16.4. The molecule has 0 saturated heterocycles. The molecular weight excluding hydrogens is 330 g/mol. The molecule has 7 heteroatoms. The van der Waals surface area contributed by atoms with Crippen molar-refractivity contribution in [3.05, 3.63) is 54.1 Å². The number of thiazole rings is 1. The van der Waals surface area contributed by atoms with Crippen molar-refractivity contribution in [2.45, 2.75) is 17.9 Å². The van der Waals surface area contributed by atoms with Crippen LogP contribution in [0, 0.1) is 0 Å². The predicted octanol–water partition coefficient (Wildman–Crippen LogP) is 3.38. The van der Waals surface area contributed by atoms with Crippen molar-refractivity contribution >= 4 is 36.7 Å². The van der Waals surface area contributed by atoms with Crippen LogP contribution in [0.15, 0.2) is 53.4 Å². The summed E-state index contributed by atoms with van der Waals surface area (Å²) in [6.45, 7) is 1.98.